The summed E-state index contributed by atoms with van der Waals surface area (Å²) in [5.41, 5.74) is 7.41. The van der Waals surface area contributed by atoms with Crippen LogP contribution in [-0.2, 0) is 9.84 Å². The third kappa shape index (κ3) is 5.08. The molecule has 1 rings (SSSR count). The highest BCUT2D eigenvalue weighted by molar-refractivity contribution is 7.90. The molecule has 0 saturated heterocycles. The molecule has 0 amide bonds. The van der Waals surface area contributed by atoms with Crippen LogP contribution in [0.5, 0.6) is 0 Å². The number of nitrogens with zero attached hydrogens (tertiary/aromatic N) is 1. The Bertz CT molecular complexity index is 457. The Morgan fingerprint density at radius 3 is 2.53 bits per heavy atom. The predicted octanol–water partition coefficient (Wildman–Crippen LogP) is 1.53. The van der Waals surface area contributed by atoms with Crippen LogP contribution in [0.4, 0.5) is 11.4 Å². The Labute approximate surface area is 103 Å². The molecule has 0 aromatic heterocycles. The normalized spacial score (nSPS) is 11.4. The van der Waals surface area contributed by atoms with Gasteiger partial charge in [-0.2, -0.15) is 0 Å². The van der Waals surface area contributed by atoms with Crippen LogP contribution >= 0.6 is 0 Å². The topological polar surface area (TPSA) is 63.4 Å². The van der Waals surface area contributed by atoms with Gasteiger partial charge in [-0.05, 0) is 24.6 Å². The van der Waals surface area contributed by atoms with Crippen LogP contribution in [0.15, 0.2) is 24.3 Å². The van der Waals surface area contributed by atoms with Gasteiger partial charge in [-0.15, -0.1) is 0 Å². The summed E-state index contributed by atoms with van der Waals surface area (Å²) in [7, 11) is -2.93. The van der Waals surface area contributed by atoms with Gasteiger partial charge in [0.2, 0.25) is 0 Å². The molecular formula is C12H20N2O2S. The largest absolute Gasteiger partial charge is 0.399 e. The minimum Gasteiger partial charge on any atom is -0.399 e. The summed E-state index contributed by atoms with van der Waals surface area (Å²) in [5, 5.41) is 0. The summed E-state index contributed by atoms with van der Waals surface area (Å²) in [6, 6.07) is 7.53. The van der Waals surface area contributed by atoms with Crippen molar-refractivity contribution in [1.82, 2.24) is 0 Å². The number of anilines is 2. The Morgan fingerprint density at radius 1 is 1.29 bits per heavy atom. The first kappa shape index (κ1) is 13.8. The lowest BCUT2D eigenvalue weighted by molar-refractivity contribution is 0.600. The molecule has 4 nitrogen and oxygen atoms in total. The second-order valence-electron chi connectivity index (χ2n) is 4.21. The summed E-state index contributed by atoms with van der Waals surface area (Å²) in [6.07, 6.45) is 2.23. The molecule has 0 aliphatic rings. The fourth-order valence-corrected chi connectivity index (χ4v) is 2.19. The molecule has 2 N–H and O–H groups in total. The third-order valence-corrected chi connectivity index (χ3v) is 3.39. The standard InChI is InChI=1S/C12H20N2O2S/c1-3-7-14(8-9-17(2,15)16)12-6-4-5-11(13)10-12/h4-6,10H,3,7-9,13H2,1-2H3. The van der Waals surface area contributed by atoms with Gasteiger partial charge in [0.05, 0.1) is 5.75 Å². The summed E-state index contributed by atoms with van der Waals surface area (Å²) in [6.45, 7) is 3.41. The quantitative estimate of drug-likeness (QED) is 0.784. The van der Waals surface area contributed by atoms with Crippen molar-refractivity contribution in [3.8, 4) is 0 Å². The molecule has 0 saturated carbocycles. The number of hydrogen-bond acceptors (Lipinski definition) is 4. The van der Waals surface area contributed by atoms with E-state index in [4.69, 9.17) is 5.73 Å². The Morgan fingerprint density at radius 2 is 2.00 bits per heavy atom. The number of rotatable bonds is 6. The Kier molecular flexibility index (Phi) is 4.81. The van der Waals surface area contributed by atoms with Gasteiger partial charge in [-0.3, -0.25) is 0 Å². The molecule has 0 heterocycles. The van der Waals surface area contributed by atoms with Crippen molar-refractivity contribution in [3.63, 3.8) is 0 Å². The molecule has 0 bridgehead atoms. The van der Waals surface area contributed by atoms with Crippen molar-refractivity contribution in [3.05, 3.63) is 24.3 Å². The van der Waals surface area contributed by atoms with E-state index in [1.165, 1.54) is 6.26 Å². The lowest BCUT2D eigenvalue weighted by atomic mass is 10.2. The molecule has 0 radical (unpaired) electrons. The van der Waals surface area contributed by atoms with Crippen LogP contribution in [-0.4, -0.2) is 33.5 Å². The van der Waals surface area contributed by atoms with Crippen molar-refractivity contribution < 1.29 is 8.42 Å². The highest BCUT2D eigenvalue weighted by Gasteiger charge is 2.09. The van der Waals surface area contributed by atoms with E-state index in [1.807, 2.05) is 24.3 Å². The fraction of sp³-hybridized carbons (Fsp3) is 0.500. The minimum atomic E-state index is -2.93. The van der Waals surface area contributed by atoms with E-state index >= 15 is 0 Å². The van der Waals surface area contributed by atoms with Crippen LogP contribution in [0.3, 0.4) is 0 Å². The molecule has 0 unspecified atom stereocenters. The number of benzene rings is 1. The molecule has 0 fully saturated rings. The van der Waals surface area contributed by atoms with E-state index in [0.717, 1.165) is 18.7 Å². The molecule has 17 heavy (non-hydrogen) atoms. The van der Waals surface area contributed by atoms with Gasteiger partial charge in [0.1, 0.15) is 9.84 Å². The molecule has 0 aliphatic carbocycles. The van der Waals surface area contributed by atoms with E-state index in [1.54, 1.807) is 0 Å². The summed E-state index contributed by atoms with van der Waals surface area (Å²) >= 11 is 0. The molecule has 0 spiro atoms. The maximum atomic E-state index is 11.2. The maximum absolute atomic E-state index is 11.2. The Balaban J connectivity index is 2.78. The maximum Gasteiger partial charge on any atom is 0.149 e. The highest BCUT2D eigenvalue weighted by Crippen LogP contribution is 2.17. The minimum absolute atomic E-state index is 0.168. The molecule has 5 heteroatoms. The second-order valence-corrected chi connectivity index (χ2v) is 6.47. The van der Waals surface area contributed by atoms with Crippen molar-refractivity contribution >= 4 is 21.2 Å². The van der Waals surface area contributed by atoms with Gasteiger partial charge < -0.3 is 10.6 Å². The molecule has 0 atom stereocenters. The summed E-state index contributed by atoms with van der Waals surface area (Å²) in [5.74, 6) is 0.168. The second kappa shape index (κ2) is 5.91. The average Bonchev–Trinajstić information content (AvgIpc) is 2.23. The van der Waals surface area contributed by atoms with Crippen molar-refractivity contribution in [2.45, 2.75) is 13.3 Å². The average molecular weight is 256 g/mol. The van der Waals surface area contributed by atoms with E-state index in [2.05, 4.69) is 11.8 Å². The zero-order chi connectivity index (χ0) is 12.9. The number of sulfone groups is 1. The Hall–Kier alpha value is -1.23. The first-order valence-electron chi connectivity index (χ1n) is 5.70. The van der Waals surface area contributed by atoms with Crippen LogP contribution in [0.2, 0.25) is 0 Å². The van der Waals surface area contributed by atoms with E-state index in [-0.39, 0.29) is 5.75 Å². The highest BCUT2D eigenvalue weighted by atomic mass is 32.2. The van der Waals surface area contributed by atoms with Crippen molar-refractivity contribution in [2.24, 2.45) is 0 Å². The van der Waals surface area contributed by atoms with Gasteiger partial charge in [-0.25, -0.2) is 8.42 Å². The van der Waals surface area contributed by atoms with Crippen LogP contribution in [0.25, 0.3) is 0 Å². The molecular weight excluding hydrogens is 236 g/mol. The molecule has 1 aromatic rings. The first-order chi connectivity index (χ1) is 7.92. The van der Waals surface area contributed by atoms with Gasteiger partial charge in [0, 0.05) is 30.7 Å². The van der Waals surface area contributed by atoms with Crippen molar-refractivity contribution in [2.75, 3.05) is 35.7 Å². The monoisotopic (exact) mass is 256 g/mol. The smallest absolute Gasteiger partial charge is 0.149 e. The van der Waals surface area contributed by atoms with Crippen LogP contribution in [0, 0.1) is 0 Å². The lowest BCUT2D eigenvalue weighted by Gasteiger charge is -2.24. The number of nitrogens with two attached hydrogens (primary N) is 1. The number of hydrogen-bond donors (Lipinski definition) is 1. The fourth-order valence-electron chi connectivity index (χ4n) is 1.64. The van der Waals surface area contributed by atoms with Gasteiger partial charge in [0.15, 0.2) is 0 Å². The number of nitrogen functional groups attached to an aromatic ring is 1. The molecule has 0 aliphatic heterocycles. The van der Waals surface area contributed by atoms with Crippen LogP contribution < -0.4 is 10.6 Å². The zero-order valence-corrected chi connectivity index (χ0v) is 11.2. The predicted molar refractivity (Wildman–Crippen MR) is 73.1 cm³/mol. The van der Waals surface area contributed by atoms with Crippen LogP contribution in [0.1, 0.15) is 13.3 Å². The van der Waals surface area contributed by atoms with E-state index in [0.29, 0.717) is 12.2 Å². The van der Waals surface area contributed by atoms with E-state index < -0.39 is 9.84 Å². The third-order valence-electron chi connectivity index (χ3n) is 2.46. The summed E-state index contributed by atoms with van der Waals surface area (Å²) in [4.78, 5) is 2.05. The molecule has 1 aromatic carbocycles. The molecule has 96 valence electrons. The lowest BCUT2D eigenvalue weighted by Crippen LogP contribution is -2.29. The van der Waals surface area contributed by atoms with Gasteiger partial charge in [-0.1, -0.05) is 13.0 Å². The summed E-state index contributed by atoms with van der Waals surface area (Å²) < 4.78 is 22.4. The van der Waals surface area contributed by atoms with E-state index in [9.17, 15) is 8.42 Å². The van der Waals surface area contributed by atoms with Crippen molar-refractivity contribution in [1.29, 1.82) is 0 Å². The SMILES string of the molecule is CCCN(CCS(C)(=O)=O)c1cccc(N)c1. The van der Waals surface area contributed by atoms with Gasteiger partial charge in [0.25, 0.3) is 0 Å². The first-order valence-corrected chi connectivity index (χ1v) is 7.76. The van der Waals surface area contributed by atoms with Gasteiger partial charge >= 0.3 is 0 Å². The zero-order valence-electron chi connectivity index (χ0n) is 10.4.